The maximum atomic E-state index is 13.0. The summed E-state index contributed by atoms with van der Waals surface area (Å²) in [5, 5.41) is 2.68. The van der Waals surface area contributed by atoms with Crippen molar-refractivity contribution in [3.63, 3.8) is 0 Å². The van der Waals surface area contributed by atoms with Gasteiger partial charge in [0.05, 0.1) is 44.1 Å². The Morgan fingerprint density at radius 1 is 1.03 bits per heavy atom. The van der Waals surface area contributed by atoms with Crippen molar-refractivity contribution in [2.24, 2.45) is 0 Å². The minimum absolute atomic E-state index is 0.00212. The highest BCUT2D eigenvalue weighted by molar-refractivity contribution is 7.89. The largest absolute Gasteiger partial charge is 0.493 e. The van der Waals surface area contributed by atoms with Gasteiger partial charge in [0.25, 0.3) is 0 Å². The number of rotatable bonds is 9. The number of anilines is 1. The summed E-state index contributed by atoms with van der Waals surface area (Å²) < 4.78 is 42.1. The molecule has 0 aliphatic heterocycles. The van der Waals surface area contributed by atoms with Gasteiger partial charge in [0.1, 0.15) is 4.90 Å². The number of nitrogens with zero attached hydrogens (tertiary/aromatic N) is 1. The Morgan fingerprint density at radius 3 is 2.22 bits per heavy atom. The Morgan fingerprint density at radius 2 is 1.66 bits per heavy atom. The zero-order valence-electron chi connectivity index (χ0n) is 17.8. The number of hydrogen-bond donors (Lipinski definition) is 1. The zero-order chi connectivity index (χ0) is 24.1. The van der Waals surface area contributed by atoms with E-state index in [0.29, 0.717) is 0 Å². The summed E-state index contributed by atoms with van der Waals surface area (Å²) in [5.41, 5.74) is 0.0658. The number of ether oxygens (including phenoxy) is 3. The van der Waals surface area contributed by atoms with E-state index in [2.05, 4.69) is 5.32 Å². The molecule has 2 rings (SSSR count). The Kier molecular flexibility index (Phi) is 8.73. The lowest BCUT2D eigenvalue weighted by atomic mass is 10.1. The summed E-state index contributed by atoms with van der Waals surface area (Å²) in [4.78, 5) is 24.7. The third-order valence-electron chi connectivity index (χ3n) is 4.39. The molecule has 12 heteroatoms. The van der Waals surface area contributed by atoms with Crippen molar-refractivity contribution in [1.29, 1.82) is 0 Å². The summed E-state index contributed by atoms with van der Waals surface area (Å²) in [7, 11) is -0.160. The number of hydrogen-bond acceptors (Lipinski definition) is 7. The van der Waals surface area contributed by atoms with Gasteiger partial charge in [-0.1, -0.05) is 30.1 Å². The highest BCUT2D eigenvalue weighted by Gasteiger charge is 2.28. The van der Waals surface area contributed by atoms with E-state index in [1.54, 1.807) is 6.92 Å². The lowest BCUT2D eigenvalue weighted by Gasteiger charge is -2.21. The molecular formula is C20H22Cl2N2O7S. The summed E-state index contributed by atoms with van der Waals surface area (Å²) in [6, 6.07) is 6.75. The molecule has 0 fully saturated rings. The predicted octanol–water partition coefficient (Wildman–Crippen LogP) is 3.45. The number of likely N-dealkylation sites (N-methyl/N-ethyl adjacent to an activating group) is 1. The van der Waals surface area contributed by atoms with E-state index in [9.17, 15) is 18.0 Å². The van der Waals surface area contributed by atoms with Gasteiger partial charge in [-0.15, -0.1) is 0 Å². The van der Waals surface area contributed by atoms with Gasteiger partial charge >= 0.3 is 5.97 Å². The van der Waals surface area contributed by atoms with Crippen LogP contribution < -0.4 is 14.8 Å². The Labute approximate surface area is 196 Å². The van der Waals surface area contributed by atoms with Crippen molar-refractivity contribution in [2.45, 2.75) is 11.8 Å². The number of halogens is 2. The van der Waals surface area contributed by atoms with E-state index in [-0.39, 0.29) is 44.2 Å². The van der Waals surface area contributed by atoms with Crippen molar-refractivity contribution in [3.8, 4) is 11.5 Å². The van der Waals surface area contributed by atoms with Gasteiger partial charge in [0.2, 0.25) is 15.9 Å². The fourth-order valence-electron chi connectivity index (χ4n) is 2.79. The van der Waals surface area contributed by atoms with Crippen LogP contribution in [0.5, 0.6) is 11.5 Å². The fourth-order valence-corrected chi connectivity index (χ4v) is 4.93. The van der Waals surface area contributed by atoms with Crippen LogP contribution in [0.1, 0.15) is 17.3 Å². The molecule has 0 aromatic heterocycles. The molecule has 2 aromatic carbocycles. The first kappa shape index (κ1) is 25.7. The smallest absolute Gasteiger partial charge is 0.340 e. The molecule has 0 saturated carbocycles. The molecule has 9 nitrogen and oxygen atoms in total. The SMILES string of the molecule is CCN(CC(=O)Nc1cc(OC)c(OC)cc1C(=O)OC)S(=O)(=O)c1cc(Cl)ccc1Cl. The van der Waals surface area contributed by atoms with Crippen molar-refractivity contribution in [1.82, 2.24) is 4.31 Å². The highest BCUT2D eigenvalue weighted by atomic mass is 35.5. The average molecular weight is 505 g/mol. The average Bonchev–Trinajstić information content (AvgIpc) is 2.77. The molecule has 32 heavy (non-hydrogen) atoms. The first-order valence-corrected chi connectivity index (χ1v) is 11.4. The van der Waals surface area contributed by atoms with Crippen LogP contribution in [-0.4, -0.2) is 59.0 Å². The predicted molar refractivity (Wildman–Crippen MR) is 120 cm³/mol. The number of sulfonamides is 1. The molecule has 174 valence electrons. The van der Waals surface area contributed by atoms with E-state index >= 15 is 0 Å². The number of benzene rings is 2. The molecule has 0 radical (unpaired) electrons. The van der Waals surface area contributed by atoms with Crippen molar-refractivity contribution in [3.05, 3.63) is 45.9 Å². The number of carbonyl (C=O) groups is 2. The Hall–Kier alpha value is -2.53. The van der Waals surface area contributed by atoms with E-state index in [1.807, 2.05) is 0 Å². The van der Waals surface area contributed by atoms with E-state index in [0.717, 1.165) is 4.31 Å². The van der Waals surface area contributed by atoms with Crippen LogP contribution in [0, 0.1) is 0 Å². The summed E-state index contributed by atoms with van der Waals surface area (Å²) >= 11 is 12.0. The fraction of sp³-hybridized carbons (Fsp3) is 0.300. The summed E-state index contributed by atoms with van der Waals surface area (Å²) in [5.74, 6) is -0.932. The van der Waals surface area contributed by atoms with Gasteiger partial charge in [-0.05, 0) is 18.2 Å². The topological polar surface area (TPSA) is 111 Å². The minimum Gasteiger partial charge on any atom is -0.493 e. The van der Waals surface area contributed by atoms with Crippen LogP contribution in [0.3, 0.4) is 0 Å². The molecule has 0 bridgehead atoms. The molecule has 2 aromatic rings. The first-order chi connectivity index (χ1) is 15.1. The van der Waals surface area contributed by atoms with Crippen LogP contribution >= 0.6 is 23.2 Å². The van der Waals surface area contributed by atoms with Gasteiger partial charge < -0.3 is 19.5 Å². The third-order valence-corrected chi connectivity index (χ3v) is 7.02. The number of amides is 1. The monoisotopic (exact) mass is 504 g/mol. The minimum atomic E-state index is -4.13. The molecule has 1 amide bonds. The van der Waals surface area contributed by atoms with Gasteiger partial charge in [0, 0.05) is 23.7 Å². The number of esters is 1. The second-order valence-electron chi connectivity index (χ2n) is 6.30. The number of carbonyl (C=O) groups excluding carboxylic acids is 2. The molecule has 1 N–H and O–H groups in total. The number of methoxy groups -OCH3 is 3. The lowest BCUT2D eigenvalue weighted by Crippen LogP contribution is -2.38. The summed E-state index contributed by atoms with van der Waals surface area (Å²) in [6.45, 7) is 1.00. The molecule has 0 atom stereocenters. The number of nitrogens with one attached hydrogen (secondary N) is 1. The molecule has 0 saturated heterocycles. The van der Waals surface area contributed by atoms with Crippen LogP contribution in [-0.2, 0) is 19.6 Å². The van der Waals surface area contributed by atoms with Crippen molar-refractivity contribution >= 4 is 50.8 Å². The Balaban J connectivity index is 2.36. The van der Waals surface area contributed by atoms with Gasteiger partial charge in [-0.2, -0.15) is 4.31 Å². The van der Waals surface area contributed by atoms with Crippen LogP contribution in [0.4, 0.5) is 5.69 Å². The highest BCUT2D eigenvalue weighted by Crippen LogP contribution is 2.34. The molecule has 0 heterocycles. The van der Waals surface area contributed by atoms with Crippen LogP contribution in [0.15, 0.2) is 35.2 Å². The van der Waals surface area contributed by atoms with Crippen LogP contribution in [0.25, 0.3) is 0 Å². The Bertz CT molecular complexity index is 1120. The maximum absolute atomic E-state index is 13.0. The molecule has 0 aliphatic rings. The maximum Gasteiger partial charge on any atom is 0.340 e. The van der Waals surface area contributed by atoms with Crippen molar-refractivity contribution in [2.75, 3.05) is 39.7 Å². The second kappa shape index (κ2) is 10.9. The van der Waals surface area contributed by atoms with E-state index < -0.39 is 28.4 Å². The second-order valence-corrected chi connectivity index (χ2v) is 9.05. The molecular weight excluding hydrogens is 483 g/mol. The summed E-state index contributed by atoms with van der Waals surface area (Å²) in [6.07, 6.45) is 0. The van der Waals surface area contributed by atoms with E-state index in [4.69, 9.17) is 37.4 Å². The third kappa shape index (κ3) is 5.63. The van der Waals surface area contributed by atoms with Crippen molar-refractivity contribution < 1.29 is 32.2 Å². The van der Waals surface area contributed by atoms with Gasteiger partial charge in [-0.3, -0.25) is 4.79 Å². The van der Waals surface area contributed by atoms with Gasteiger partial charge in [0.15, 0.2) is 11.5 Å². The zero-order valence-corrected chi connectivity index (χ0v) is 20.1. The van der Waals surface area contributed by atoms with Crippen LogP contribution in [0.2, 0.25) is 10.0 Å². The first-order valence-electron chi connectivity index (χ1n) is 9.18. The quantitative estimate of drug-likeness (QED) is 0.520. The molecule has 0 spiro atoms. The molecule has 0 unspecified atom stereocenters. The standard InChI is InChI=1S/C20H22Cl2N2O7S/c1-5-24(32(27,28)18-8-12(21)6-7-14(18)22)11-19(25)23-15-10-17(30-3)16(29-2)9-13(15)20(26)31-4/h6-10H,5,11H2,1-4H3,(H,23,25). The lowest BCUT2D eigenvalue weighted by molar-refractivity contribution is -0.116. The van der Waals surface area contributed by atoms with E-state index in [1.165, 1.54) is 51.7 Å². The normalized spacial score (nSPS) is 11.2. The molecule has 0 aliphatic carbocycles. The van der Waals surface area contributed by atoms with Gasteiger partial charge in [-0.25, -0.2) is 13.2 Å².